The summed E-state index contributed by atoms with van der Waals surface area (Å²) in [6.07, 6.45) is 6.44. The van der Waals surface area contributed by atoms with Gasteiger partial charge in [0.1, 0.15) is 5.82 Å². The molecule has 2 aliphatic carbocycles. The summed E-state index contributed by atoms with van der Waals surface area (Å²) in [6, 6.07) is 5.90. The van der Waals surface area contributed by atoms with Gasteiger partial charge in [0, 0.05) is 11.6 Å². The number of rotatable bonds is 2. The van der Waals surface area contributed by atoms with Crippen LogP contribution in [-0.4, -0.2) is 5.91 Å². The zero-order valence-corrected chi connectivity index (χ0v) is 9.40. The third kappa shape index (κ3) is 1.97. The first-order valence-electron chi connectivity index (χ1n) is 5.97. The van der Waals surface area contributed by atoms with E-state index >= 15 is 0 Å². The molecule has 0 aliphatic heterocycles. The van der Waals surface area contributed by atoms with E-state index in [1.165, 1.54) is 12.1 Å². The number of allylic oxidation sites excluding steroid dienone is 2. The minimum absolute atomic E-state index is 0.0634. The second-order valence-electron chi connectivity index (χ2n) is 4.88. The fourth-order valence-electron chi connectivity index (χ4n) is 2.85. The average molecular weight is 231 g/mol. The third-order valence-corrected chi connectivity index (χ3v) is 3.73. The van der Waals surface area contributed by atoms with Crippen LogP contribution in [0.15, 0.2) is 36.4 Å². The van der Waals surface area contributed by atoms with E-state index in [-0.39, 0.29) is 17.6 Å². The second kappa shape index (κ2) is 3.99. The van der Waals surface area contributed by atoms with E-state index in [1.807, 2.05) is 0 Å². The number of fused-ring (bicyclic) bond motifs is 2. The molecule has 1 fully saturated rings. The van der Waals surface area contributed by atoms with Crippen molar-refractivity contribution >= 4 is 11.6 Å². The molecule has 0 spiro atoms. The van der Waals surface area contributed by atoms with Crippen LogP contribution in [0.3, 0.4) is 0 Å². The molecular weight excluding hydrogens is 217 g/mol. The van der Waals surface area contributed by atoms with Gasteiger partial charge in [-0.1, -0.05) is 12.2 Å². The molecule has 1 aromatic rings. The first-order chi connectivity index (χ1) is 8.22. The van der Waals surface area contributed by atoms with Gasteiger partial charge in [-0.3, -0.25) is 4.79 Å². The minimum Gasteiger partial charge on any atom is -0.326 e. The lowest BCUT2D eigenvalue weighted by atomic mass is 9.93. The van der Waals surface area contributed by atoms with E-state index < -0.39 is 0 Å². The van der Waals surface area contributed by atoms with Crippen LogP contribution in [0.25, 0.3) is 0 Å². The predicted octanol–water partition coefficient (Wildman–Crippen LogP) is 2.98. The van der Waals surface area contributed by atoms with Crippen LogP contribution in [0, 0.1) is 23.6 Å². The molecule has 1 saturated carbocycles. The minimum atomic E-state index is -0.286. The van der Waals surface area contributed by atoms with Crippen LogP contribution < -0.4 is 5.32 Å². The fourth-order valence-corrected chi connectivity index (χ4v) is 2.85. The standard InChI is InChI=1S/C14H14FNO/c15-11-3-5-12(6-4-11)16-14(17)13-8-9-1-2-10(13)7-9/h1-6,9-10,13H,7-8H2,(H,16,17). The molecule has 2 bridgehead atoms. The number of carbonyl (C=O) groups excluding carboxylic acids is 1. The molecule has 3 heteroatoms. The van der Waals surface area contributed by atoms with Crippen molar-refractivity contribution in [3.63, 3.8) is 0 Å². The lowest BCUT2D eigenvalue weighted by molar-refractivity contribution is -0.120. The molecule has 88 valence electrons. The number of anilines is 1. The molecule has 0 radical (unpaired) electrons. The summed E-state index contributed by atoms with van der Waals surface area (Å²) in [6.45, 7) is 0. The predicted molar refractivity (Wildman–Crippen MR) is 63.9 cm³/mol. The Kier molecular flexibility index (Phi) is 2.46. The third-order valence-electron chi connectivity index (χ3n) is 3.73. The molecule has 3 atom stereocenters. The number of carbonyl (C=O) groups is 1. The molecule has 2 nitrogen and oxygen atoms in total. The molecule has 0 aromatic heterocycles. The summed E-state index contributed by atoms with van der Waals surface area (Å²) in [4.78, 5) is 12.1. The Balaban J connectivity index is 1.68. The Bertz CT molecular complexity index is 466. The summed E-state index contributed by atoms with van der Waals surface area (Å²) in [5.74, 6) is 0.860. The highest BCUT2D eigenvalue weighted by Crippen LogP contribution is 2.43. The van der Waals surface area contributed by atoms with E-state index in [9.17, 15) is 9.18 Å². The number of hydrogen-bond donors (Lipinski definition) is 1. The van der Waals surface area contributed by atoms with Gasteiger partial charge < -0.3 is 5.32 Å². The number of nitrogens with one attached hydrogen (secondary N) is 1. The maximum absolute atomic E-state index is 12.7. The molecule has 1 amide bonds. The topological polar surface area (TPSA) is 29.1 Å². The molecule has 0 saturated heterocycles. The van der Waals surface area contributed by atoms with Crippen molar-refractivity contribution < 1.29 is 9.18 Å². The summed E-state index contributed by atoms with van der Waals surface area (Å²) < 4.78 is 12.7. The molecule has 1 aromatic carbocycles. The summed E-state index contributed by atoms with van der Waals surface area (Å²) in [5, 5.41) is 2.86. The van der Waals surface area contributed by atoms with Crippen molar-refractivity contribution in [2.45, 2.75) is 12.8 Å². The fraction of sp³-hybridized carbons (Fsp3) is 0.357. The van der Waals surface area contributed by atoms with Crippen LogP contribution >= 0.6 is 0 Å². The quantitative estimate of drug-likeness (QED) is 0.779. The van der Waals surface area contributed by atoms with Crippen molar-refractivity contribution in [2.24, 2.45) is 17.8 Å². The van der Waals surface area contributed by atoms with Crippen LogP contribution in [-0.2, 0) is 4.79 Å². The van der Waals surface area contributed by atoms with Gasteiger partial charge in [-0.15, -0.1) is 0 Å². The maximum Gasteiger partial charge on any atom is 0.228 e. The number of hydrogen-bond acceptors (Lipinski definition) is 1. The smallest absolute Gasteiger partial charge is 0.228 e. The first-order valence-corrected chi connectivity index (χ1v) is 5.97. The zero-order valence-electron chi connectivity index (χ0n) is 9.40. The van der Waals surface area contributed by atoms with Gasteiger partial charge in [0.25, 0.3) is 0 Å². The number of amides is 1. The average Bonchev–Trinajstić information content (AvgIpc) is 2.94. The van der Waals surface area contributed by atoms with Crippen LogP contribution in [0.5, 0.6) is 0 Å². The van der Waals surface area contributed by atoms with Crippen molar-refractivity contribution in [3.8, 4) is 0 Å². The molecule has 3 unspecified atom stereocenters. The number of halogens is 1. The van der Waals surface area contributed by atoms with E-state index in [4.69, 9.17) is 0 Å². The molecular formula is C14H14FNO. The SMILES string of the molecule is O=C(Nc1ccc(F)cc1)C1CC2C=CC1C2. The lowest BCUT2D eigenvalue weighted by Crippen LogP contribution is -2.25. The van der Waals surface area contributed by atoms with Crippen molar-refractivity contribution in [2.75, 3.05) is 5.32 Å². The first kappa shape index (κ1) is 10.5. The molecule has 1 N–H and O–H groups in total. The molecule has 3 rings (SSSR count). The van der Waals surface area contributed by atoms with E-state index in [0.717, 1.165) is 12.8 Å². The van der Waals surface area contributed by atoms with Gasteiger partial charge in [0.15, 0.2) is 0 Å². The van der Waals surface area contributed by atoms with Gasteiger partial charge >= 0.3 is 0 Å². The monoisotopic (exact) mass is 231 g/mol. The summed E-state index contributed by atoms with van der Waals surface area (Å²) >= 11 is 0. The molecule has 0 heterocycles. The Labute approximate surface area is 99.5 Å². The van der Waals surface area contributed by atoms with Crippen molar-refractivity contribution in [3.05, 3.63) is 42.2 Å². The molecule has 17 heavy (non-hydrogen) atoms. The van der Waals surface area contributed by atoms with Gasteiger partial charge in [0.05, 0.1) is 0 Å². The van der Waals surface area contributed by atoms with Crippen molar-refractivity contribution in [1.82, 2.24) is 0 Å². The molecule has 2 aliphatic rings. The Morgan fingerprint density at radius 3 is 2.53 bits per heavy atom. The Hall–Kier alpha value is -1.64. The Morgan fingerprint density at radius 2 is 1.94 bits per heavy atom. The van der Waals surface area contributed by atoms with Gasteiger partial charge in [-0.25, -0.2) is 4.39 Å². The van der Waals surface area contributed by atoms with Gasteiger partial charge in [-0.05, 0) is 48.9 Å². The highest BCUT2D eigenvalue weighted by atomic mass is 19.1. The largest absolute Gasteiger partial charge is 0.326 e. The van der Waals surface area contributed by atoms with E-state index in [1.54, 1.807) is 12.1 Å². The maximum atomic E-state index is 12.7. The van der Waals surface area contributed by atoms with E-state index in [0.29, 0.717) is 17.5 Å². The van der Waals surface area contributed by atoms with Crippen LogP contribution in [0.2, 0.25) is 0 Å². The normalized spacial score (nSPS) is 29.6. The van der Waals surface area contributed by atoms with Crippen LogP contribution in [0.4, 0.5) is 10.1 Å². The van der Waals surface area contributed by atoms with E-state index in [2.05, 4.69) is 17.5 Å². The lowest BCUT2D eigenvalue weighted by Gasteiger charge is -2.17. The number of benzene rings is 1. The highest BCUT2D eigenvalue weighted by molar-refractivity contribution is 5.93. The zero-order chi connectivity index (χ0) is 11.8. The second-order valence-corrected chi connectivity index (χ2v) is 4.88. The van der Waals surface area contributed by atoms with Gasteiger partial charge in [-0.2, -0.15) is 0 Å². The van der Waals surface area contributed by atoms with Crippen LogP contribution in [0.1, 0.15) is 12.8 Å². The van der Waals surface area contributed by atoms with Gasteiger partial charge in [0.2, 0.25) is 5.91 Å². The Morgan fingerprint density at radius 1 is 1.18 bits per heavy atom. The van der Waals surface area contributed by atoms with Crippen molar-refractivity contribution in [1.29, 1.82) is 0 Å². The summed E-state index contributed by atoms with van der Waals surface area (Å²) in [7, 11) is 0. The highest BCUT2D eigenvalue weighted by Gasteiger charge is 2.39. The summed E-state index contributed by atoms with van der Waals surface area (Å²) in [5.41, 5.74) is 0.670.